The SMILES string of the molecule is CC(O)(CCN)C1=CCCCC1. The highest BCUT2D eigenvalue weighted by Crippen LogP contribution is 2.29. The first-order valence-corrected chi connectivity index (χ1v) is 4.79. The minimum absolute atomic E-state index is 0.560. The number of rotatable bonds is 3. The van der Waals surface area contributed by atoms with E-state index in [4.69, 9.17) is 5.73 Å². The second-order valence-corrected chi connectivity index (χ2v) is 3.79. The third kappa shape index (κ3) is 2.32. The molecule has 0 heterocycles. The van der Waals surface area contributed by atoms with Crippen molar-refractivity contribution in [2.24, 2.45) is 5.73 Å². The predicted octanol–water partition coefficient (Wildman–Crippen LogP) is 1.59. The summed E-state index contributed by atoms with van der Waals surface area (Å²) in [5.74, 6) is 0. The lowest BCUT2D eigenvalue weighted by atomic mass is 9.85. The standard InChI is InChI=1S/C10H19NO/c1-10(12,7-8-11)9-5-3-2-4-6-9/h5,12H,2-4,6-8,11H2,1H3. The van der Waals surface area contributed by atoms with Crippen molar-refractivity contribution in [2.45, 2.75) is 44.6 Å². The van der Waals surface area contributed by atoms with E-state index in [1.165, 1.54) is 18.4 Å². The topological polar surface area (TPSA) is 46.2 Å². The summed E-state index contributed by atoms with van der Waals surface area (Å²) >= 11 is 0. The van der Waals surface area contributed by atoms with E-state index in [1.807, 2.05) is 6.92 Å². The minimum atomic E-state index is -0.644. The molecule has 1 aliphatic rings. The molecule has 0 amide bonds. The Morgan fingerprint density at radius 2 is 2.33 bits per heavy atom. The van der Waals surface area contributed by atoms with Gasteiger partial charge in [-0.05, 0) is 51.1 Å². The molecule has 3 N–H and O–H groups in total. The first kappa shape index (κ1) is 9.75. The number of aliphatic hydroxyl groups is 1. The van der Waals surface area contributed by atoms with Crippen molar-refractivity contribution in [3.8, 4) is 0 Å². The monoisotopic (exact) mass is 169 g/mol. The molecule has 0 aromatic carbocycles. The highest BCUT2D eigenvalue weighted by Gasteiger charge is 2.25. The molecule has 1 unspecified atom stereocenters. The molecule has 0 saturated heterocycles. The zero-order valence-corrected chi connectivity index (χ0v) is 7.84. The van der Waals surface area contributed by atoms with Crippen LogP contribution < -0.4 is 5.73 Å². The molecule has 0 bridgehead atoms. The summed E-state index contributed by atoms with van der Waals surface area (Å²) in [5, 5.41) is 9.99. The van der Waals surface area contributed by atoms with Gasteiger partial charge in [-0.2, -0.15) is 0 Å². The molecule has 12 heavy (non-hydrogen) atoms. The lowest BCUT2D eigenvalue weighted by Crippen LogP contribution is -2.30. The Hall–Kier alpha value is -0.340. The van der Waals surface area contributed by atoms with Gasteiger partial charge in [0.25, 0.3) is 0 Å². The molecule has 2 nitrogen and oxygen atoms in total. The summed E-state index contributed by atoms with van der Waals surface area (Å²) in [6.07, 6.45) is 7.51. The largest absolute Gasteiger partial charge is 0.386 e. The molecule has 0 aliphatic heterocycles. The van der Waals surface area contributed by atoms with Crippen LogP contribution in [-0.2, 0) is 0 Å². The predicted molar refractivity (Wildman–Crippen MR) is 50.8 cm³/mol. The quantitative estimate of drug-likeness (QED) is 0.630. The van der Waals surface area contributed by atoms with E-state index in [2.05, 4.69) is 6.08 Å². The molecule has 0 radical (unpaired) electrons. The first-order valence-electron chi connectivity index (χ1n) is 4.79. The summed E-state index contributed by atoms with van der Waals surface area (Å²) < 4.78 is 0. The van der Waals surface area contributed by atoms with Crippen molar-refractivity contribution in [1.29, 1.82) is 0 Å². The van der Waals surface area contributed by atoms with Gasteiger partial charge in [0.1, 0.15) is 0 Å². The summed E-state index contributed by atoms with van der Waals surface area (Å²) in [4.78, 5) is 0. The number of allylic oxidation sites excluding steroid dienone is 1. The molecule has 70 valence electrons. The minimum Gasteiger partial charge on any atom is -0.386 e. The Kier molecular flexibility index (Phi) is 3.29. The molecule has 0 fully saturated rings. The van der Waals surface area contributed by atoms with E-state index in [-0.39, 0.29) is 0 Å². The van der Waals surface area contributed by atoms with Crippen LogP contribution in [0, 0.1) is 0 Å². The maximum absolute atomic E-state index is 9.99. The fraction of sp³-hybridized carbons (Fsp3) is 0.800. The van der Waals surface area contributed by atoms with Crippen molar-refractivity contribution in [3.05, 3.63) is 11.6 Å². The maximum atomic E-state index is 9.99. The van der Waals surface area contributed by atoms with Crippen LogP contribution in [0.5, 0.6) is 0 Å². The lowest BCUT2D eigenvalue weighted by Gasteiger charge is -2.28. The molecular formula is C10H19NO. The van der Waals surface area contributed by atoms with Gasteiger partial charge in [0.2, 0.25) is 0 Å². The third-order valence-corrected chi connectivity index (χ3v) is 2.61. The van der Waals surface area contributed by atoms with E-state index in [0.717, 1.165) is 12.8 Å². The first-order chi connectivity index (χ1) is 5.67. The average Bonchev–Trinajstić information content (AvgIpc) is 2.06. The lowest BCUT2D eigenvalue weighted by molar-refractivity contribution is 0.0861. The van der Waals surface area contributed by atoms with E-state index in [1.54, 1.807) is 0 Å². The van der Waals surface area contributed by atoms with Gasteiger partial charge in [0, 0.05) is 0 Å². The Morgan fingerprint density at radius 3 is 2.83 bits per heavy atom. The van der Waals surface area contributed by atoms with Gasteiger partial charge in [0.05, 0.1) is 5.60 Å². The molecule has 0 aromatic rings. The highest BCUT2D eigenvalue weighted by atomic mass is 16.3. The van der Waals surface area contributed by atoms with E-state index in [0.29, 0.717) is 13.0 Å². The van der Waals surface area contributed by atoms with E-state index < -0.39 is 5.60 Å². The van der Waals surface area contributed by atoms with Crippen molar-refractivity contribution < 1.29 is 5.11 Å². The van der Waals surface area contributed by atoms with Crippen LogP contribution in [0.4, 0.5) is 0 Å². The fourth-order valence-corrected chi connectivity index (χ4v) is 1.77. The zero-order chi connectivity index (χ0) is 9.03. The molecule has 1 aliphatic carbocycles. The average molecular weight is 169 g/mol. The van der Waals surface area contributed by atoms with Gasteiger partial charge < -0.3 is 10.8 Å². The second-order valence-electron chi connectivity index (χ2n) is 3.79. The zero-order valence-electron chi connectivity index (χ0n) is 7.84. The molecule has 0 spiro atoms. The number of hydrogen-bond acceptors (Lipinski definition) is 2. The molecule has 1 rings (SSSR count). The summed E-state index contributed by atoms with van der Waals surface area (Å²) in [5.41, 5.74) is 5.98. The Morgan fingerprint density at radius 1 is 1.58 bits per heavy atom. The van der Waals surface area contributed by atoms with E-state index in [9.17, 15) is 5.11 Å². The normalized spacial score (nSPS) is 23.1. The van der Waals surface area contributed by atoms with Crippen LogP contribution in [0.3, 0.4) is 0 Å². The summed E-state index contributed by atoms with van der Waals surface area (Å²) in [6, 6.07) is 0. The fourth-order valence-electron chi connectivity index (χ4n) is 1.77. The smallest absolute Gasteiger partial charge is 0.0840 e. The Balaban J connectivity index is 2.59. The van der Waals surface area contributed by atoms with Crippen molar-refractivity contribution in [1.82, 2.24) is 0 Å². The van der Waals surface area contributed by atoms with Crippen LogP contribution in [0.2, 0.25) is 0 Å². The van der Waals surface area contributed by atoms with Gasteiger partial charge in [-0.3, -0.25) is 0 Å². The molecular weight excluding hydrogens is 150 g/mol. The van der Waals surface area contributed by atoms with Gasteiger partial charge >= 0.3 is 0 Å². The van der Waals surface area contributed by atoms with Crippen molar-refractivity contribution in [2.75, 3.05) is 6.54 Å². The van der Waals surface area contributed by atoms with Crippen LogP contribution in [0.1, 0.15) is 39.0 Å². The number of nitrogens with two attached hydrogens (primary N) is 1. The van der Waals surface area contributed by atoms with Gasteiger partial charge in [-0.15, -0.1) is 0 Å². The van der Waals surface area contributed by atoms with Crippen LogP contribution >= 0.6 is 0 Å². The van der Waals surface area contributed by atoms with E-state index >= 15 is 0 Å². The third-order valence-electron chi connectivity index (χ3n) is 2.61. The Labute approximate surface area is 74.5 Å². The van der Waals surface area contributed by atoms with Crippen LogP contribution in [0.25, 0.3) is 0 Å². The summed E-state index contributed by atoms with van der Waals surface area (Å²) in [7, 11) is 0. The van der Waals surface area contributed by atoms with Crippen molar-refractivity contribution >= 4 is 0 Å². The number of hydrogen-bond donors (Lipinski definition) is 2. The van der Waals surface area contributed by atoms with Crippen molar-refractivity contribution in [3.63, 3.8) is 0 Å². The molecule has 2 heteroatoms. The van der Waals surface area contributed by atoms with Gasteiger partial charge in [-0.1, -0.05) is 6.08 Å². The van der Waals surface area contributed by atoms with Crippen LogP contribution in [0.15, 0.2) is 11.6 Å². The highest BCUT2D eigenvalue weighted by molar-refractivity contribution is 5.17. The molecule has 0 aromatic heterocycles. The maximum Gasteiger partial charge on any atom is 0.0840 e. The molecule has 0 saturated carbocycles. The second kappa shape index (κ2) is 4.06. The summed E-state index contributed by atoms with van der Waals surface area (Å²) in [6.45, 7) is 2.43. The van der Waals surface area contributed by atoms with Crippen LogP contribution in [-0.4, -0.2) is 17.3 Å². The van der Waals surface area contributed by atoms with Gasteiger partial charge in [-0.25, -0.2) is 0 Å². The van der Waals surface area contributed by atoms with Gasteiger partial charge in [0.15, 0.2) is 0 Å². The Bertz CT molecular complexity index is 173. The molecule has 1 atom stereocenters.